The molecule has 0 aromatic rings. The molecule has 1 aliphatic heterocycles. The Morgan fingerprint density at radius 1 is 0.857 bits per heavy atom. The van der Waals surface area contributed by atoms with Crippen molar-refractivity contribution in [2.24, 2.45) is 22.7 Å². The molecule has 0 amide bonds. The number of carbonyl (C=O) groups is 2. The van der Waals surface area contributed by atoms with Crippen LogP contribution in [0.5, 0.6) is 0 Å². The van der Waals surface area contributed by atoms with Crippen molar-refractivity contribution in [2.45, 2.75) is 155 Å². The number of ketones is 1. The first-order valence-electron chi connectivity index (χ1n) is 15.0. The van der Waals surface area contributed by atoms with E-state index in [1.54, 1.807) is 0 Å². The van der Waals surface area contributed by atoms with Crippen molar-refractivity contribution in [2.75, 3.05) is 6.61 Å². The minimum Gasteiger partial charge on any atom is -0.465 e. The van der Waals surface area contributed by atoms with Gasteiger partial charge in [0, 0.05) is 18.3 Å². The van der Waals surface area contributed by atoms with Gasteiger partial charge in [0.15, 0.2) is 5.78 Å². The summed E-state index contributed by atoms with van der Waals surface area (Å²) in [5, 5.41) is 0. The number of hydrogen-bond donors (Lipinski definition) is 0. The summed E-state index contributed by atoms with van der Waals surface area (Å²) >= 11 is 0. The van der Waals surface area contributed by atoms with E-state index in [1.165, 1.54) is 70.6 Å². The third kappa shape index (κ3) is 6.90. The largest absolute Gasteiger partial charge is 0.465 e. The molecular formula is C31H54O4. The highest BCUT2D eigenvalue weighted by Crippen LogP contribution is 2.66. The molecule has 0 aromatic carbocycles. The van der Waals surface area contributed by atoms with Crippen LogP contribution < -0.4 is 0 Å². The number of rotatable bonds is 16. The molecule has 5 atom stereocenters. The van der Waals surface area contributed by atoms with E-state index in [2.05, 4.69) is 34.6 Å². The van der Waals surface area contributed by atoms with Gasteiger partial charge in [-0.1, -0.05) is 111 Å². The van der Waals surface area contributed by atoms with Crippen LogP contribution >= 0.6 is 0 Å². The molecule has 1 saturated heterocycles. The van der Waals surface area contributed by atoms with Crippen LogP contribution in [0.15, 0.2) is 0 Å². The van der Waals surface area contributed by atoms with Crippen LogP contribution in [0.3, 0.4) is 0 Å². The Hall–Kier alpha value is -0.900. The van der Waals surface area contributed by atoms with Crippen molar-refractivity contribution in [3.63, 3.8) is 0 Å². The monoisotopic (exact) mass is 490 g/mol. The average Bonchev–Trinajstić information content (AvgIpc) is 3.48. The Kier molecular flexibility index (Phi) is 10.3. The number of esters is 1. The van der Waals surface area contributed by atoms with Crippen LogP contribution in [0.1, 0.15) is 144 Å². The Bertz CT molecular complexity index is 700. The smallest absolute Gasteiger partial charge is 0.305 e. The summed E-state index contributed by atoms with van der Waals surface area (Å²) in [7, 11) is 0. The van der Waals surface area contributed by atoms with E-state index < -0.39 is 5.60 Å². The molecule has 2 saturated carbocycles. The Morgan fingerprint density at radius 3 is 1.97 bits per heavy atom. The van der Waals surface area contributed by atoms with Gasteiger partial charge in [-0.25, -0.2) is 0 Å². The first-order valence-corrected chi connectivity index (χ1v) is 15.0. The Balaban J connectivity index is 1.30. The van der Waals surface area contributed by atoms with Crippen LogP contribution in [-0.2, 0) is 19.1 Å². The highest BCUT2D eigenvalue weighted by molar-refractivity contribution is 5.92. The van der Waals surface area contributed by atoms with Gasteiger partial charge >= 0.3 is 5.97 Å². The number of carbonyl (C=O) groups excluding carboxylic acids is 2. The van der Waals surface area contributed by atoms with Crippen LogP contribution in [-0.4, -0.2) is 30.1 Å². The predicted octanol–water partition coefficient (Wildman–Crippen LogP) is 8.20. The molecule has 0 radical (unpaired) electrons. The van der Waals surface area contributed by atoms with E-state index in [4.69, 9.17) is 9.47 Å². The number of hydrogen-bond acceptors (Lipinski definition) is 4. The fraction of sp³-hybridized carbons (Fsp3) is 0.935. The van der Waals surface area contributed by atoms with Gasteiger partial charge in [-0.3, -0.25) is 9.59 Å². The van der Waals surface area contributed by atoms with Crippen molar-refractivity contribution >= 4 is 11.8 Å². The summed E-state index contributed by atoms with van der Waals surface area (Å²) < 4.78 is 11.9. The average molecular weight is 491 g/mol. The lowest BCUT2D eigenvalue weighted by Crippen LogP contribution is -2.60. The third-order valence-electron chi connectivity index (χ3n) is 9.74. The Morgan fingerprint density at radius 2 is 1.40 bits per heavy atom. The number of unbranched alkanes of at least 4 members (excludes halogenated alkanes) is 12. The zero-order chi connectivity index (χ0) is 25.5. The fourth-order valence-corrected chi connectivity index (χ4v) is 7.71. The van der Waals surface area contributed by atoms with Gasteiger partial charge in [0.1, 0.15) is 11.7 Å². The lowest BCUT2D eigenvalue weighted by atomic mass is 9.46. The standard InChI is InChI=1S/C31H54O4/c1-6-7-8-9-10-11-12-13-14-15-16-17-18-20-25(32)34-23-24-30(4)22-19-21-29(2,3)27(30)26(33)28-31(24,5)35-28/h24,27-28H,6-23H2,1-5H3/t24-,27?,28+,30-,31-/m1/s1. The highest BCUT2D eigenvalue weighted by Gasteiger charge is 2.74. The van der Waals surface area contributed by atoms with E-state index >= 15 is 0 Å². The molecule has 1 heterocycles. The highest BCUT2D eigenvalue weighted by atomic mass is 16.6. The van der Waals surface area contributed by atoms with Gasteiger partial charge < -0.3 is 9.47 Å². The maximum Gasteiger partial charge on any atom is 0.305 e. The van der Waals surface area contributed by atoms with Crippen molar-refractivity contribution < 1.29 is 19.1 Å². The van der Waals surface area contributed by atoms with Crippen LogP contribution in [0, 0.1) is 22.7 Å². The van der Waals surface area contributed by atoms with Gasteiger partial charge in [-0.15, -0.1) is 0 Å². The molecular weight excluding hydrogens is 436 g/mol. The van der Waals surface area contributed by atoms with Gasteiger partial charge in [-0.05, 0) is 37.0 Å². The quantitative estimate of drug-likeness (QED) is 0.124. The number of Topliss-reactive ketones (excluding diaryl/α,β-unsaturated/α-hetero) is 1. The summed E-state index contributed by atoms with van der Waals surface area (Å²) in [6.45, 7) is 11.4. The van der Waals surface area contributed by atoms with Crippen molar-refractivity contribution in [3.8, 4) is 0 Å². The van der Waals surface area contributed by atoms with E-state index in [0.717, 1.165) is 32.1 Å². The van der Waals surface area contributed by atoms with E-state index in [0.29, 0.717) is 13.0 Å². The second-order valence-corrected chi connectivity index (χ2v) is 13.1. The maximum absolute atomic E-state index is 13.2. The van der Waals surface area contributed by atoms with E-state index in [-0.39, 0.29) is 40.5 Å². The third-order valence-corrected chi connectivity index (χ3v) is 9.74. The maximum atomic E-state index is 13.2. The summed E-state index contributed by atoms with van der Waals surface area (Å²) in [5.74, 6) is 0.294. The predicted molar refractivity (Wildman–Crippen MR) is 142 cm³/mol. The van der Waals surface area contributed by atoms with Gasteiger partial charge in [0.05, 0.1) is 6.61 Å². The first-order chi connectivity index (χ1) is 16.7. The van der Waals surface area contributed by atoms with Gasteiger partial charge in [-0.2, -0.15) is 0 Å². The molecule has 1 unspecified atom stereocenters. The zero-order valence-corrected chi connectivity index (χ0v) is 23.6. The molecule has 4 nitrogen and oxygen atoms in total. The molecule has 0 bridgehead atoms. The normalized spacial score (nSPS) is 33.2. The summed E-state index contributed by atoms with van der Waals surface area (Å²) in [4.78, 5) is 25.8. The molecule has 35 heavy (non-hydrogen) atoms. The molecule has 202 valence electrons. The SMILES string of the molecule is CCCCCCCCCCCCCCCC(=O)OC[C@H]1[C@@]2(C)O[C@H]2C(=O)C2C(C)(C)CCC[C@@]21C. The van der Waals surface area contributed by atoms with Gasteiger partial charge in [0.25, 0.3) is 0 Å². The zero-order valence-electron chi connectivity index (χ0n) is 23.6. The van der Waals surface area contributed by atoms with Crippen LogP contribution in [0.25, 0.3) is 0 Å². The molecule has 0 N–H and O–H groups in total. The molecule has 0 aromatic heterocycles. The molecule has 0 spiro atoms. The molecule has 3 aliphatic rings. The number of ether oxygens (including phenoxy) is 2. The van der Waals surface area contributed by atoms with Crippen molar-refractivity contribution in [1.29, 1.82) is 0 Å². The fourth-order valence-electron chi connectivity index (χ4n) is 7.71. The Labute approximate surface area is 215 Å². The van der Waals surface area contributed by atoms with E-state index in [9.17, 15) is 9.59 Å². The molecule has 2 aliphatic carbocycles. The van der Waals surface area contributed by atoms with Crippen LogP contribution in [0.4, 0.5) is 0 Å². The number of epoxide rings is 1. The minimum atomic E-state index is -0.453. The topological polar surface area (TPSA) is 55.9 Å². The van der Waals surface area contributed by atoms with Crippen molar-refractivity contribution in [1.82, 2.24) is 0 Å². The summed E-state index contributed by atoms with van der Waals surface area (Å²) in [5.41, 5.74) is -0.629. The van der Waals surface area contributed by atoms with Crippen LogP contribution in [0.2, 0.25) is 0 Å². The van der Waals surface area contributed by atoms with Gasteiger partial charge in [0.2, 0.25) is 0 Å². The number of fused-ring (bicyclic) bond motifs is 2. The molecule has 3 fully saturated rings. The summed E-state index contributed by atoms with van der Waals surface area (Å²) in [6, 6.07) is 0. The minimum absolute atomic E-state index is 0.00548. The lowest BCUT2D eigenvalue weighted by molar-refractivity contribution is -0.158. The van der Waals surface area contributed by atoms with E-state index in [1.807, 2.05) is 0 Å². The first kappa shape index (κ1) is 28.7. The second kappa shape index (κ2) is 12.6. The molecule has 4 heteroatoms. The second-order valence-electron chi connectivity index (χ2n) is 13.1. The van der Waals surface area contributed by atoms with Crippen molar-refractivity contribution in [3.05, 3.63) is 0 Å². The lowest BCUT2D eigenvalue weighted by Gasteiger charge is -2.56. The molecule has 3 rings (SSSR count). The summed E-state index contributed by atoms with van der Waals surface area (Å²) in [6.07, 6.45) is 20.4.